The molecule has 10 heteroatoms. The number of hydrogen-bond acceptors (Lipinski definition) is 5. The number of aromatic nitrogens is 1. The van der Waals surface area contributed by atoms with E-state index in [2.05, 4.69) is 15.0 Å². The Kier molecular flexibility index (Phi) is 5.39. The predicted molar refractivity (Wildman–Crippen MR) is 103 cm³/mol. The Balaban J connectivity index is 1.87. The third-order valence-corrected chi connectivity index (χ3v) is 6.59. The molecule has 2 atom stereocenters. The summed E-state index contributed by atoms with van der Waals surface area (Å²) in [5, 5.41) is 12.3. The highest BCUT2D eigenvalue weighted by Crippen LogP contribution is 2.38. The fraction of sp³-hybridized carbons (Fsp3) is 0.421. The van der Waals surface area contributed by atoms with Crippen LogP contribution in [0.4, 0.5) is 19.0 Å². The summed E-state index contributed by atoms with van der Waals surface area (Å²) in [6.45, 7) is 4.54. The first-order valence-corrected chi connectivity index (χ1v) is 10.4. The molecule has 0 bridgehead atoms. The average molecular weight is 429 g/mol. The molecule has 1 aliphatic rings. The van der Waals surface area contributed by atoms with Crippen molar-refractivity contribution in [1.82, 2.24) is 9.71 Å². The van der Waals surface area contributed by atoms with Gasteiger partial charge in [0.05, 0.1) is 10.5 Å². The molecule has 2 aromatic rings. The van der Waals surface area contributed by atoms with Crippen molar-refractivity contribution >= 4 is 15.8 Å². The van der Waals surface area contributed by atoms with Gasteiger partial charge >= 0.3 is 6.18 Å². The number of benzene rings is 1. The highest BCUT2D eigenvalue weighted by Gasteiger charge is 2.44. The molecule has 0 aliphatic carbocycles. The highest BCUT2D eigenvalue weighted by molar-refractivity contribution is 7.89. The van der Waals surface area contributed by atoms with Gasteiger partial charge in [0.2, 0.25) is 10.0 Å². The quantitative estimate of drug-likeness (QED) is 0.680. The van der Waals surface area contributed by atoms with Gasteiger partial charge in [0.1, 0.15) is 11.9 Å². The van der Waals surface area contributed by atoms with Crippen LogP contribution in [0.25, 0.3) is 11.1 Å². The van der Waals surface area contributed by atoms with Gasteiger partial charge in [-0.2, -0.15) is 13.2 Å². The van der Waals surface area contributed by atoms with Gasteiger partial charge in [0, 0.05) is 24.2 Å². The van der Waals surface area contributed by atoms with Crippen LogP contribution in [-0.2, 0) is 16.4 Å². The monoisotopic (exact) mass is 429 g/mol. The van der Waals surface area contributed by atoms with Crippen molar-refractivity contribution in [1.29, 1.82) is 0 Å². The summed E-state index contributed by atoms with van der Waals surface area (Å²) < 4.78 is 66.6. The van der Waals surface area contributed by atoms with Crippen LogP contribution >= 0.6 is 0 Å². The lowest BCUT2D eigenvalue weighted by Gasteiger charge is -2.26. The van der Waals surface area contributed by atoms with Crippen LogP contribution in [-0.4, -0.2) is 42.4 Å². The number of pyridine rings is 1. The standard InChI is InChI=1S/C19H22F3N3O3S/c1-11(18(2,3)26)25-29(27,28)13-6-4-12(5-7-13)14-8-9-23-17-15(14)10-16(24-17)19(20,21)22/h4-9,11,16,25-26H,10H2,1-3H3,(H,23,24). The lowest BCUT2D eigenvalue weighted by atomic mass is 9.99. The molecule has 3 N–H and O–H groups in total. The number of anilines is 1. The minimum Gasteiger partial charge on any atom is -0.389 e. The van der Waals surface area contributed by atoms with Crippen molar-refractivity contribution in [2.75, 3.05) is 5.32 Å². The van der Waals surface area contributed by atoms with E-state index in [1.165, 1.54) is 32.2 Å². The van der Waals surface area contributed by atoms with Gasteiger partial charge in [-0.3, -0.25) is 0 Å². The normalized spacial score (nSPS) is 18.2. The van der Waals surface area contributed by atoms with Crippen molar-refractivity contribution in [3.63, 3.8) is 0 Å². The molecule has 6 nitrogen and oxygen atoms in total. The minimum absolute atomic E-state index is 0.00524. The Morgan fingerprint density at radius 1 is 1.21 bits per heavy atom. The molecule has 158 valence electrons. The molecule has 0 amide bonds. The van der Waals surface area contributed by atoms with Gasteiger partial charge in [-0.1, -0.05) is 12.1 Å². The fourth-order valence-electron chi connectivity index (χ4n) is 2.97. The zero-order chi connectivity index (χ0) is 21.6. The summed E-state index contributed by atoms with van der Waals surface area (Å²) in [6, 6.07) is 5.03. The second-order valence-electron chi connectivity index (χ2n) is 7.65. The maximum absolute atomic E-state index is 13.1. The van der Waals surface area contributed by atoms with E-state index in [1.54, 1.807) is 25.1 Å². The van der Waals surface area contributed by atoms with E-state index >= 15 is 0 Å². The van der Waals surface area contributed by atoms with Crippen molar-refractivity contribution in [3.8, 4) is 11.1 Å². The molecule has 1 aliphatic heterocycles. The first-order valence-electron chi connectivity index (χ1n) is 8.95. The third kappa shape index (κ3) is 4.54. The Morgan fingerprint density at radius 3 is 2.38 bits per heavy atom. The molecule has 0 saturated carbocycles. The van der Waals surface area contributed by atoms with Crippen LogP contribution in [0.5, 0.6) is 0 Å². The van der Waals surface area contributed by atoms with E-state index in [4.69, 9.17) is 0 Å². The summed E-state index contributed by atoms with van der Waals surface area (Å²) in [4.78, 5) is 3.98. The molecular weight excluding hydrogens is 407 g/mol. The van der Waals surface area contributed by atoms with Gasteiger partial charge in [-0.15, -0.1) is 0 Å². The summed E-state index contributed by atoms with van der Waals surface area (Å²) >= 11 is 0. The van der Waals surface area contributed by atoms with E-state index in [0.717, 1.165) is 0 Å². The Bertz CT molecular complexity index is 1000. The van der Waals surface area contributed by atoms with Gasteiger partial charge in [-0.05, 0) is 50.1 Å². The van der Waals surface area contributed by atoms with Crippen LogP contribution in [0, 0.1) is 0 Å². The number of nitrogens with one attached hydrogen (secondary N) is 2. The molecule has 2 heterocycles. The Morgan fingerprint density at radius 2 is 1.83 bits per heavy atom. The number of alkyl halides is 3. The SMILES string of the molecule is CC(NS(=O)(=O)c1ccc(-c2ccnc3c2CC(C(F)(F)F)N3)cc1)C(C)(C)O. The smallest absolute Gasteiger partial charge is 0.389 e. The number of sulfonamides is 1. The molecule has 0 fully saturated rings. The molecule has 0 spiro atoms. The summed E-state index contributed by atoms with van der Waals surface area (Å²) in [5.74, 6) is 0.183. The molecule has 29 heavy (non-hydrogen) atoms. The van der Waals surface area contributed by atoms with E-state index in [9.17, 15) is 26.7 Å². The van der Waals surface area contributed by atoms with Crippen molar-refractivity contribution in [2.45, 2.75) is 55.9 Å². The summed E-state index contributed by atoms with van der Waals surface area (Å²) in [7, 11) is -3.86. The summed E-state index contributed by atoms with van der Waals surface area (Å²) in [6.07, 6.45) is -3.22. The lowest BCUT2D eigenvalue weighted by Crippen LogP contribution is -2.47. The average Bonchev–Trinajstić information content (AvgIpc) is 3.05. The third-order valence-electron chi connectivity index (χ3n) is 5.04. The van der Waals surface area contributed by atoms with Crippen molar-refractivity contribution in [2.24, 2.45) is 0 Å². The zero-order valence-corrected chi connectivity index (χ0v) is 16.9. The second kappa shape index (κ2) is 7.26. The number of nitrogens with zero attached hydrogens (tertiary/aromatic N) is 1. The molecule has 0 radical (unpaired) electrons. The summed E-state index contributed by atoms with van der Waals surface area (Å²) in [5.41, 5.74) is 0.352. The number of fused-ring (bicyclic) bond motifs is 1. The van der Waals surface area contributed by atoms with Gasteiger partial charge in [-0.25, -0.2) is 18.1 Å². The highest BCUT2D eigenvalue weighted by atomic mass is 32.2. The van der Waals surface area contributed by atoms with E-state index in [0.29, 0.717) is 16.7 Å². The molecule has 3 rings (SSSR count). The number of aliphatic hydroxyl groups is 1. The largest absolute Gasteiger partial charge is 0.408 e. The van der Waals surface area contributed by atoms with Crippen LogP contribution in [0.15, 0.2) is 41.4 Å². The second-order valence-corrected chi connectivity index (χ2v) is 9.36. The van der Waals surface area contributed by atoms with Crippen LogP contribution in [0.2, 0.25) is 0 Å². The lowest BCUT2D eigenvalue weighted by molar-refractivity contribution is -0.140. The van der Waals surface area contributed by atoms with Crippen LogP contribution in [0.1, 0.15) is 26.3 Å². The predicted octanol–water partition coefficient (Wildman–Crippen LogP) is 3.09. The number of halogens is 3. The first kappa shape index (κ1) is 21.5. The molecule has 0 saturated heterocycles. The van der Waals surface area contributed by atoms with E-state index in [1.807, 2.05) is 0 Å². The minimum atomic E-state index is -4.39. The molecule has 1 aromatic carbocycles. The van der Waals surface area contributed by atoms with Crippen LogP contribution in [0.3, 0.4) is 0 Å². The van der Waals surface area contributed by atoms with Crippen molar-refractivity contribution < 1.29 is 26.7 Å². The first-order chi connectivity index (χ1) is 13.3. The van der Waals surface area contributed by atoms with Gasteiger partial charge < -0.3 is 10.4 Å². The maximum atomic E-state index is 13.1. The van der Waals surface area contributed by atoms with Gasteiger partial charge in [0.15, 0.2) is 0 Å². The van der Waals surface area contributed by atoms with E-state index in [-0.39, 0.29) is 17.1 Å². The fourth-order valence-corrected chi connectivity index (χ4v) is 4.35. The maximum Gasteiger partial charge on any atom is 0.408 e. The van der Waals surface area contributed by atoms with Crippen LogP contribution < -0.4 is 10.0 Å². The topological polar surface area (TPSA) is 91.3 Å². The Hall–Kier alpha value is -2.17. The molecule has 1 aromatic heterocycles. The Labute approximate surface area is 167 Å². The van der Waals surface area contributed by atoms with Gasteiger partial charge in [0.25, 0.3) is 0 Å². The zero-order valence-electron chi connectivity index (χ0n) is 16.1. The van der Waals surface area contributed by atoms with E-state index < -0.39 is 33.9 Å². The molecular formula is C19H22F3N3O3S. The number of hydrogen-bond donors (Lipinski definition) is 3. The van der Waals surface area contributed by atoms with Crippen molar-refractivity contribution in [3.05, 3.63) is 42.1 Å². The molecule has 2 unspecified atom stereocenters. The number of rotatable bonds is 5.